The van der Waals surface area contributed by atoms with Crippen LogP contribution in [0.1, 0.15) is 0 Å². The van der Waals surface area contributed by atoms with Crippen molar-refractivity contribution in [3.05, 3.63) is 48.5 Å². The highest BCUT2D eigenvalue weighted by atomic mass is 16.5. The van der Waals surface area contributed by atoms with Crippen molar-refractivity contribution in [3.8, 4) is 0 Å². The molecule has 1 aliphatic heterocycles. The number of nitrogens with one attached hydrogen (secondary N) is 1. The van der Waals surface area contributed by atoms with Crippen LogP contribution >= 0.6 is 0 Å². The number of aromatic nitrogens is 1. The van der Waals surface area contributed by atoms with Crippen LogP contribution in [0.15, 0.2) is 48.5 Å². The summed E-state index contributed by atoms with van der Waals surface area (Å²) in [5.74, 6) is 0.461. The molecule has 2 heterocycles. The number of H-pyrrole nitrogens is 1. The molecule has 94 valence electrons. The third kappa shape index (κ3) is 1.25. The van der Waals surface area contributed by atoms with Gasteiger partial charge in [0.05, 0.1) is 11.4 Å². The van der Waals surface area contributed by atoms with E-state index in [1.54, 1.807) is 12.1 Å². The summed E-state index contributed by atoms with van der Waals surface area (Å²) in [6.07, 6.45) is 0. The molecule has 0 atom stereocenters. The van der Waals surface area contributed by atoms with Crippen LogP contribution in [0.4, 0.5) is 22.9 Å². The number of fused-ring (bicyclic) bond motifs is 4. The Morgan fingerprint density at radius 3 is 2.21 bits per heavy atom. The van der Waals surface area contributed by atoms with Crippen molar-refractivity contribution in [2.24, 2.45) is 0 Å². The molecule has 5 nitrogen and oxygen atoms in total. The summed E-state index contributed by atoms with van der Waals surface area (Å²) in [6, 6.07) is 14.7. The molecule has 1 aromatic heterocycles. The molecule has 3 aromatic rings. The molecule has 0 aliphatic carbocycles. The predicted octanol–water partition coefficient (Wildman–Crippen LogP) is 3.54. The van der Waals surface area contributed by atoms with Crippen LogP contribution in [0.5, 0.6) is 0 Å². The Morgan fingerprint density at radius 2 is 1.42 bits per heavy atom. The number of rotatable bonds is 0. The van der Waals surface area contributed by atoms with Crippen LogP contribution in [0.3, 0.4) is 0 Å². The van der Waals surface area contributed by atoms with Crippen molar-refractivity contribution >= 4 is 33.8 Å². The first-order chi connectivity index (χ1) is 9.27. The fourth-order valence-corrected chi connectivity index (χ4v) is 2.54. The average molecular weight is 253 g/mol. The minimum atomic E-state index is 0.461. The number of para-hydroxylation sites is 3. The van der Waals surface area contributed by atoms with E-state index < -0.39 is 0 Å². The number of nitrogens with zero attached hydrogens (tertiary/aromatic N) is 2. The molecule has 0 saturated carbocycles. The Bertz CT molecular complexity index is 781. The summed E-state index contributed by atoms with van der Waals surface area (Å²) in [7, 11) is 0. The van der Waals surface area contributed by atoms with Crippen LogP contribution < -0.4 is 10.1 Å². The van der Waals surface area contributed by atoms with Gasteiger partial charge in [-0.05, 0) is 18.2 Å². The van der Waals surface area contributed by atoms with Gasteiger partial charge in [-0.3, -0.25) is 10.4 Å². The fraction of sp³-hybridized carbons (Fsp3) is 0. The van der Waals surface area contributed by atoms with Crippen LogP contribution in [-0.4, -0.2) is 15.4 Å². The molecule has 0 bridgehead atoms. The van der Waals surface area contributed by atoms with Gasteiger partial charge in [-0.15, -0.1) is 0 Å². The molecule has 5 heteroatoms. The van der Waals surface area contributed by atoms with Gasteiger partial charge < -0.3 is 4.98 Å². The second-order valence-corrected chi connectivity index (χ2v) is 4.48. The van der Waals surface area contributed by atoms with Gasteiger partial charge in [0, 0.05) is 10.9 Å². The minimum absolute atomic E-state index is 0.461. The van der Waals surface area contributed by atoms with E-state index in [4.69, 9.17) is 0 Å². The summed E-state index contributed by atoms with van der Waals surface area (Å²) in [4.78, 5) is 3.11. The highest BCUT2D eigenvalue weighted by Crippen LogP contribution is 2.48. The second kappa shape index (κ2) is 3.50. The SMILES string of the molecule is ON1c2ccccc2N(O)c2c1[nH]c1ccccc21. The smallest absolute Gasteiger partial charge is 0.163 e. The molecule has 2 aromatic carbocycles. The van der Waals surface area contributed by atoms with Crippen molar-refractivity contribution < 1.29 is 10.4 Å². The first-order valence-electron chi connectivity index (χ1n) is 5.95. The number of aromatic amines is 1. The van der Waals surface area contributed by atoms with E-state index in [9.17, 15) is 10.4 Å². The van der Waals surface area contributed by atoms with Crippen LogP contribution in [0, 0.1) is 0 Å². The van der Waals surface area contributed by atoms with Crippen molar-refractivity contribution in [1.82, 2.24) is 4.98 Å². The van der Waals surface area contributed by atoms with Crippen molar-refractivity contribution in [1.29, 1.82) is 0 Å². The van der Waals surface area contributed by atoms with E-state index in [0.29, 0.717) is 22.9 Å². The van der Waals surface area contributed by atoms with Crippen LogP contribution in [0.2, 0.25) is 0 Å². The normalized spacial score (nSPS) is 13.6. The lowest BCUT2D eigenvalue weighted by Gasteiger charge is -2.30. The van der Waals surface area contributed by atoms with Crippen molar-refractivity contribution in [2.45, 2.75) is 0 Å². The van der Waals surface area contributed by atoms with Gasteiger partial charge in [-0.25, -0.2) is 10.1 Å². The molecule has 0 spiro atoms. The van der Waals surface area contributed by atoms with E-state index in [2.05, 4.69) is 4.98 Å². The Kier molecular flexibility index (Phi) is 1.92. The summed E-state index contributed by atoms with van der Waals surface area (Å²) >= 11 is 0. The molecule has 1 aliphatic rings. The molecular weight excluding hydrogens is 242 g/mol. The zero-order chi connectivity index (χ0) is 13.0. The van der Waals surface area contributed by atoms with Crippen LogP contribution in [0.25, 0.3) is 10.9 Å². The Balaban J connectivity index is 2.07. The van der Waals surface area contributed by atoms with Crippen LogP contribution in [-0.2, 0) is 0 Å². The van der Waals surface area contributed by atoms with Crippen molar-refractivity contribution in [2.75, 3.05) is 10.1 Å². The molecule has 4 rings (SSSR count). The first-order valence-corrected chi connectivity index (χ1v) is 5.95. The largest absolute Gasteiger partial charge is 0.337 e. The van der Waals surface area contributed by atoms with E-state index in [-0.39, 0.29) is 0 Å². The third-order valence-corrected chi connectivity index (χ3v) is 3.42. The lowest BCUT2D eigenvalue weighted by Crippen LogP contribution is -2.24. The first kappa shape index (κ1) is 10.4. The number of anilines is 4. The molecular formula is C14H11N3O2. The van der Waals surface area contributed by atoms with Gasteiger partial charge in [0.25, 0.3) is 0 Å². The Morgan fingerprint density at radius 1 is 0.789 bits per heavy atom. The summed E-state index contributed by atoms with van der Waals surface area (Å²) in [6.45, 7) is 0. The van der Waals surface area contributed by atoms with Gasteiger partial charge in [0.2, 0.25) is 0 Å². The third-order valence-electron chi connectivity index (χ3n) is 3.42. The molecule has 19 heavy (non-hydrogen) atoms. The summed E-state index contributed by atoms with van der Waals surface area (Å²) in [5.41, 5.74) is 2.49. The van der Waals surface area contributed by atoms with Gasteiger partial charge in [-0.1, -0.05) is 30.3 Å². The van der Waals surface area contributed by atoms with Gasteiger partial charge >= 0.3 is 0 Å². The molecule has 0 unspecified atom stereocenters. The molecule has 0 saturated heterocycles. The maximum Gasteiger partial charge on any atom is 0.163 e. The minimum Gasteiger partial charge on any atom is -0.337 e. The standard InChI is InChI=1S/C14H11N3O2/c18-16-11-7-3-4-8-12(11)17(19)14-13(16)9-5-1-2-6-10(9)15-14/h1-8,15,18-19H. The Labute approximate surface area is 108 Å². The van der Waals surface area contributed by atoms with Gasteiger partial charge in [-0.2, -0.15) is 0 Å². The second-order valence-electron chi connectivity index (χ2n) is 4.48. The quantitative estimate of drug-likeness (QED) is 0.573. The lowest BCUT2D eigenvalue weighted by atomic mass is 10.1. The Hall–Kier alpha value is -2.50. The maximum absolute atomic E-state index is 10.4. The fourth-order valence-electron chi connectivity index (χ4n) is 2.54. The van der Waals surface area contributed by atoms with Crippen molar-refractivity contribution in [3.63, 3.8) is 0 Å². The number of hydrogen-bond donors (Lipinski definition) is 3. The predicted molar refractivity (Wildman–Crippen MR) is 72.6 cm³/mol. The molecule has 0 radical (unpaired) electrons. The maximum atomic E-state index is 10.4. The lowest BCUT2D eigenvalue weighted by molar-refractivity contribution is 0.272. The monoisotopic (exact) mass is 253 g/mol. The van der Waals surface area contributed by atoms with Gasteiger partial charge in [0.1, 0.15) is 5.69 Å². The van der Waals surface area contributed by atoms with E-state index in [1.165, 1.54) is 0 Å². The van der Waals surface area contributed by atoms with Gasteiger partial charge in [0.15, 0.2) is 5.82 Å². The molecule has 0 amide bonds. The highest BCUT2D eigenvalue weighted by Gasteiger charge is 2.30. The zero-order valence-corrected chi connectivity index (χ0v) is 9.91. The van der Waals surface area contributed by atoms with E-state index >= 15 is 0 Å². The number of benzene rings is 2. The molecule has 0 fully saturated rings. The summed E-state index contributed by atoms with van der Waals surface area (Å²) < 4.78 is 0. The molecule has 3 N–H and O–H groups in total. The topological polar surface area (TPSA) is 62.7 Å². The number of hydrogen-bond acceptors (Lipinski definition) is 4. The van der Waals surface area contributed by atoms with E-state index in [0.717, 1.165) is 21.0 Å². The van der Waals surface area contributed by atoms with E-state index in [1.807, 2.05) is 36.4 Å². The average Bonchev–Trinajstić information content (AvgIpc) is 2.84. The highest BCUT2D eigenvalue weighted by molar-refractivity contribution is 6.05. The zero-order valence-electron chi connectivity index (χ0n) is 9.91. The summed E-state index contributed by atoms with van der Waals surface area (Å²) in [5, 5.41) is 23.7.